The molecule has 1 heterocycles. The van der Waals surface area contributed by atoms with Gasteiger partial charge in [0, 0.05) is 13.1 Å². The summed E-state index contributed by atoms with van der Waals surface area (Å²) in [6, 6.07) is 5.69. The van der Waals surface area contributed by atoms with Gasteiger partial charge < -0.3 is 15.7 Å². The van der Waals surface area contributed by atoms with Gasteiger partial charge in [-0.15, -0.1) is 0 Å². The van der Waals surface area contributed by atoms with Crippen LogP contribution in [0.5, 0.6) is 11.6 Å². The summed E-state index contributed by atoms with van der Waals surface area (Å²) in [4.78, 5) is 10.2. The van der Waals surface area contributed by atoms with Crippen LogP contribution in [-0.2, 0) is 7.05 Å². The molecule has 0 atom stereocenters. The van der Waals surface area contributed by atoms with Crippen LogP contribution in [0.4, 0.5) is 5.69 Å². The number of nitrogens with zero attached hydrogens (tertiary/aromatic N) is 4. The highest BCUT2D eigenvalue weighted by atomic mass is 16.6. The van der Waals surface area contributed by atoms with Crippen molar-refractivity contribution in [2.24, 2.45) is 17.9 Å². The van der Waals surface area contributed by atoms with E-state index in [0.717, 1.165) is 0 Å². The lowest BCUT2D eigenvalue weighted by Gasteiger charge is -2.07. The van der Waals surface area contributed by atoms with Crippen LogP contribution in [-0.4, -0.2) is 25.7 Å². The zero-order valence-corrected chi connectivity index (χ0v) is 11.3. The number of nitro groups is 1. The van der Waals surface area contributed by atoms with Crippen LogP contribution < -0.4 is 10.5 Å². The van der Waals surface area contributed by atoms with Gasteiger partial charge in [-0.3, -0.25) is 10.1 Å². The molecule has 0 aliphatic carbocycles. The van der Waals surface area contributed by atoms with Crippen LogP contribution >= 0.6 is 0 Å². The van der Waals surface area contributed by atoms with Gasteiger partial charge in [-0.05, 0) is 13.0 Å². The van der Waals surface area contributed by atoms with E-state index in [-0.39, 0.29) is 23.2 Å². The van der Waals surface area contributed by atoms with E-state index in [0.29, 0.717) is 11.3 Å². The average Bonchev–Trinajstić information content (AvgIpc) is 2.73. The van der Waals surface area contributed by atoms with Gasteiger partial charge in [-0.25, -0.2) is 4.68 Å². The second-order valence-corrected chi connectivity index (χ2v) is 4.23. The average molecular weight is 291 g/mol. The Labute approximate surface area is 119 Å². The second kappa shape index (κ2) is 5.49. The first-order chi connectivity index (χ1) is 9.93. The van der Waals surface area contributed by atoms with E-state index in [1.165, 1.54) is 22.9 Å². The van der Waals surface area contributed by atoms with Crippen molar-refractivity contribution in [3.05, 3.63) is 45.6 Å². The number of aromatic nitrogens is 2. The molecule has 0 saturated carbocycles. The SMILES string of the molecule is Cc1nn(C)c(Oc2cccc([N+](=O)[O-])c2)c1C(N)=NO. The Balaban J connectivity index is 2.45. The highest BCUT2D eigenvalue weighted by Crippen LogP contribution is 2.29. The Morgan fingerprint density at radius 1 is 1.57 bits per heavy atom. The molecule has 0 aliphatic heterocycles. The summed E-state index contributed by atoms with van der Waals surface area (Å²) < 4.78 is 7.00. The molecular formula is C12H13N5O4. The van der Waals surface area contributed by atoms with Crippen LogP contribution in [0, 0.1) is 17.0 Å². The maximum Gasteiger partial charge on any atom is 0.273 e. The number of non-ortho nitro benzene ring substituents is 1. The van der Waals surface area contributed by atoms with Gasteiger partial charge in [0.1, 0.15) is 11.3 Å². The molecule has 1 aromatic carbocycles. The number of rotatable bonds is 4. The molecule has 2 aromatic rings. The van der Waals surface area contributed by atoms with Crippen LogP contribution in [0.1, 0.15) is 11.3 Å². The maximum absolute atomic E-state index is 10.8. The molecule has 2 rings (SSSR count). The number of aryl methyl sites for hydroxylation is 2. The normalized spacial score (nSPS) is 11.4. The van der Waals surface area contributed by atoms with Gasteiger partial charge in [0.25, 0.3) is 5.69 Å². The Kier molecular flexibility index (Phi) is 3.74. The molecule has 9 heteroatoms. The molecule has 0 fully saturated rings. The Hall–Kier alpha value is -3.10. The molecular weight excluding hydrogens is 278 g/mol. The molecule has 1 aromatic heterocycles. The van der Waals surface area contributed by atoms with Crippen LogP contribution in [0.3, 0.4) is 0 Å². The lowest BCUT2D eigenvalue weighted by molar-refractivity contribution is -0.384. The van der Waals surface area contributed by atoms with Gasteiger partial charge in [-0.2, -0.15) is 5.10 Å². The van der Waals surface area contributed by atoms with Gasteiger partial charge in [0.2, 0.25) is 5.88 Å². The molecule has 3 N–H and O–H groups in total. The Morgan fingerprint density at radius 3 is 2.90 bits per heavy atom. The van der Waals surface area contributed by atoms with Gasteiger partial charge in [0.15, 0.2) is 5.84 Å². The third-order valence-corrected chi connectivity index (χ3v) is 2.78. The summed E-state index contributed by atoms with van der Waals surface area (Å²) in [6.45, 7) is 1.67. The van der Waals surface area contributed by atoms with Crippen molar-refractivity contribution in [1.29, 1.82) is 0 Å². The number of hydrogen-bond acceptors (Lipinski definition) is 6. The van der Waals surface area contributed by atoms with Crippen molar-refractivity contribution in [3.63, 3.8) is 0 Å². The summed E-state index contributed by atoms with van der Waals surface area (Å²) in [7, 11) is 1.62. The highest BCUT2D eigenvalue weighted by Gasteiger charge is 2.20. The Morgan fingerprint density at radius 2 is 2.29 bits per heavy atom. The third-order valence-electron chi connectivity index (χ3n) is 2.78. The number of ether oxygens (including phenoxy) is 1. The van der Waals surface area contributed by atoms with Crippen molar-refractivity contribution >= 4 is 11.5 Å². The summed E-state index contributed by atoms with van der Waals surface area (Å²) >= 11 is 0. The first-order valence-corrected chi connectivity index (χ1v) is 5.88. The largest absolute Gasteiger partial charge is 0.438 e. The van der Waals surface area contributed by atoms with Crippen molar-refractivity contribution in [1.82, 2.24) is 9.78 Å². The smallest absolute Gasteiger partial charge is 0.273 e. The zero-order chi connectivity index (χ0) is 15.6. The van der Waals surface area contributed by atoms with E-state index in [2.05, 4.69) is 10.3 Å². The molecule has 0 aliphatic rings. The van der Waals surface area contributed by atoms with E-state index >= 15 is 0 Å². The fraction of sp³-hybridized carbons (Fsp3) is 0.167. The van der Waals surface area contributed by atoms with Gasteiger partial charge >= 0.3 is 0 Å². The predicted octanol–water partition coefficient (Wildman–Crippen LogP) is 1.52. The predicted molar refractivity (Wildman–Crippen MR) is 73.6 cm³/mol. The summed E-state index contributed by atoms with van der Waals surface area (Å²) in [5, 5.41) is 26.6. The van der Waals surface area contributed by atoms with Crippen LogP contribution in [0.15, 0.2) is 29.4 Å². The van der Waals surface area contributed by atoms with E-state index in [1.54, 1.807) is 20.0 Å². The number of benzene rings is 1. The standard InChI is InChI=1S/C12H13N5O4/c1-7-10(11(13)15-18)12(16(2)14-7)21-9-5-3-4-8(6-9)17(19)20/h3-6,18H,1-2H3,(H2,13,15). The topological polar surface area (TPSA) is 129 Å². The monoisotopic (exact) mass is 291 g/mol. The maximum atomic E-state index is 10.8. The third kappa shape index (κ3) is 2.76. The first kappa shape index (κ1) is 14.3. The number of nitro benzene ring substituents is 1. The fourth-order valence-corrected chi connectivity index (χ4v) is 1.87. The second-order valence-electron chi connectivity index (χ2n) is 4.23. The fourth-order valence-electron chi connectivity index (χ4n) is 1.87. The number of nitrogens with two attached hydrogens (primary N) is 1. The van der Waals surface area contributed by atoms with Crippen molar-refractivity contribution in [2.45, 2.75) is 6.92 Å². The molecule has 0 spiro atoms. The molecule has 110 valence electrons. The lowest BCUT2D eigenvalue weighted by Crippen LogP contribution is -2.15. The summed E-state index contributed by atoms with van der Waals surface area (Å²) in [5.41, 5.74) is 6.33. The van der Waals surface area contributed by atoms with E-state index in [1.807, 2.05) is 0 Å². The molecule has 0 amide bonds. The minimum absolute atomic E-state index is 0.100. The van der Waals surface area contributed by atoms with Gasteiger partial charge in [-0.1, -0.05) is 11.2 Å². The summed E-state index contributed by atoms with van der Waals surface area (Å²) in [6.07, 6.45) is 0. The quantitative estimate of drug-likeness (QED) is 0.289. The van der Waals surface area contributed by atoms with Crippen molar-refractivity contribution in [2.75, 3.05) is 0 Å². The number of oxime groups is 1. The highest BCUT2D eigenvalue weighted by molar-refractivity contribution is 6.00. The van der Waals surface area contributed by atoms with Gasteiger partial charge in [0.05, 0.1) is 16.7 Å². The van der Waals surface area contributed by atoms with Crippen LogP contribution in [0.2, 0.25) is 0 Å². The molecule has 0 bridgehead atoms. The van der Waals surface area contributed by atoms with Crippen molar-refractivity contribution in [3.8, 4) is 11.6 Å². The molecule has 0 unspecified atom stereocenters. The lowest BCUT2D eigenvalue weighted by atomic mass is 10.2. The first-order valence-electron chi connectivity index (χ1n) is 5.88. The molecule has 0 saturated heterocycles. The minimum Gasteiger partial charge on any atom is -0.438 e. The van der Waals surface area contributed by atoms with Crippen molar-refractivity contribution < 1.29 is 14.9 Å². The molecule has 0 radical (unpaired) electrons. The number of amidine groups is 1. The zero-order valence-electron chi connectivity index (χ0n) is 11.3. The van der Waals surface area contributed by atoms with Crippen LogP contribution in [0.25, 0.3) is 0 Å². The van der Waals surface area contributed by atoms with E-state index < -0.39 is 4.92 Å². The Bertz CT molecular complexity index is 722. The number of hydrogen-bond donors (Lipinski definition) is 2. The summed E-state index contributed by atoms with van der Waals surface area (Å²) in [5.74, 6) is 0.323. The molecule has 9 nitrogen and oxygen atoms in total. The molecule has 21 heavy (non-hydrogen) atoms. The van der Waals surface area contributed by atoms with E-state index in [4.69, 9.17) is 15.7 Å². The minimum atomic E-state index is -0.522. The van der Waals surface area contributed by atoms with E-state index in [9.17, 15) is 10.1 Å².